The highest BCUT2D eigenvalue weighted by Gasteiger charge is 2.21. The zero-order valence-electron chi connectivity index (χ0n) is 16.7. The van der Waals surface area contributed by atoms with Gasteiger partial charge in [0.05, 0.1) is 11.2 Å². The molecule has 0 bridgehead atoms. The molecular weight excluding hydrogens is 364 g/mol. The van der Waals surface area contributed by atoms with Crippen molar-refractivity contribution in [2.24, 2.45) is 0 Å². The normalized spacial score (nSPS) is 13.3. The summed E-state index contributed by atoms with van der Waals surface area (Å²) in [6.45, 7) is 0. The Morgan fingerprint density at radius 2 is 1.37 bits per heavy atom. The molecule has 0 saturated heterocycles. The molecule has 5 aromatic rings. The van der Waals surface area contributed by atoms with Crippen molar-refractivity contribution in [3.63, 3.8) is 0 Å². The van der Waals surface area contributed by atoms with Crippen molar-refractivity contribution >= 4 is 33.4 Å². The lowest BCUT2D eigenvalue weighted by atomic mass is 9.98. The molecule has 1 heterocycles. The lowest BCUT2D eigenvalue weighted by Gasteiger charge is -2.19. The number of rotatable bonds is 3. The van der Waals surface area contributed by atoms with Crippen LogP contribution in [0.1, 0.15) is 17.7 Å². The van der Waals surface area contributed by atoms with Gasteiger partial charge >= 0.3 is 0 Å². The van der Waals surface area contributed by atoms with Crippen LogP contribution in [0.4, 0.5) is 5.69 Å². The summed E-state index contributed by atoms with van der Waals surface area (Å²) in [6, 6.07) is 34.4. The zero-order valence-corrected chi connectivity index (χ0v) is 16.7. The highest BCUT2D eigenvalue weighted by molar-refractivity contribution is 5.95. The molecule has 0 atom stereocenters. The summed E-state index contributed by atoms with van der Waals surface area (Å²) in [4.78, 5) is 0. The van der Waals surface area contributed by atoms with Crippen LogP contribution >= 0.6 is 0 Å². The Hall–Kier alpha value is -3.78. The fraction of sp³-hybridized carbons (Fsp3) is 0.0714. The van der Waals surface area contributed by atoms with E-state index in [-0.39, 0.29) is 0 Å². The molecule has 4 aromatic carbocycles. The molecule has 1 aliphatic rings. The van der Waals surface area contributed by atoms with Crippen molar-refractivity contribution in [1.82, 2.24) is 4.57 Å². The third-order valence-corrected chi connectivity index (χ3v) is 6.07. The molecule has 1 aromatic heterocycles. The van der Waals surface area contributed by atoms with Gasteiger partial charge in [0.25, 0.3) is 0 Å². The fourth-order valence-electron chi connectivity index (χ4n) is 4.70. The molecule has 6 rings (SSSR count). The second-order valence-corrected chi connectivity index (χ2v) is 7.87. The van der Waals surface area contributed by atoms with Gasteiger partial charge in [-0.25, -0.2) is 0 Å². The molecule has 0 radical (unpaired) electrons. The lowest BCUT2D eigenvalue weighted by molar-refractivity contribution is 0.921. The topological polar surface area (TPSA) is 17.0 Å². The van der Waals surface area contributed by atoms with Crippen LogP contribution in [0, 0.1) is 0 Å². The van der Waals surface area contributed by atoms with E-state index in [0.717, 1.165) is 12.8 Å². The smallest absolute Gasteiger partial charge is 0.0537 e. The standard InChI is InChI=1S/C28H22N2/c1-2-11-22(12-3-1)30-27-16-7-6-14-24(27)25-18-17-21(19-28(25)30)29-26-15-8-10-20-9-4-5-13-23(20)26/h1-16,19,29H,17-18H2. The van der Waals surface area contributed by atoms with E-state index >= 15 is 0 Å². The molecule has 2 heteroatoms. The Morgan fingerprint density at radius 3 is 2.27 bits per heavy atom. The van der Waals surface area contributed by atoms with E-state index < -0.39 is 0 Å². The second kappa shape index (κ2) is 6.93. The number of benzene rings is 4. The number of aryl methyl sites for hydroxylation is 1. The van der Waals surface area contributed by atoms with Crippen LogP contribution in [0.2, 0.25) is 0 Å². The molecule has 0 fully saturated rings. The van der Waals surface area contributed by atoms with Crippen LogP contribution in [0.5, 0.6) is 0 Å². The monoisotopic (exact) mass is 386 g/mol. The Kier molecular flexibility index (Phi) is 3.95. The average molecular weight is 386 g/mol. The quantitative estimate of drug-likeness (QED) is 0.347. The van der Waals surface area contributed by atoms with Crippen molar-refractivity contribution in [3.8, 4) is 5.69 Å². The van der Waals surface area contributed by atoms with Crippen LogP contribution in [0.25, 0.3) is 33.4 Å². The van der Waals surface area contributed by atoms with Gasteiger partial charge in [-0.1, -0.05) is 72.8 Å². The van der Waals surface area contributed by atoms with Crippen molar-refractivity contribution < 1.29 is 0 Å². The van der Waals surface area contributed by atoms with Crippen LogP contribution in [-0.4, -0.2) is 4.57 Å². The van der Waals surface area contributed by atoms with Gasteiger partial charge in [0.15, 0.2) is 0 Å². The minimum absolute atomic E-state index is 1.01. The number of allylic oxidation sites excluding steroid dienone is 1. The van der Waals surface area contributed by atoms with Gasteiger partial charge in [0, 0.05) is 27.8 Å². The zero-order chi connectivity index (χ0) is 19.9. The number of nitrogens with zero attached hydrogens (tertiary/aromatic N) is 1. The van der Waals surface area contributed by atoms with Crippen molar-refractivity contribution in [2.45, 2.75) is 12.8 Å². The summed E-state index contributed by atoms with van der Waals surface area (Å²) in [5.74, 6) is 0. The largest absolute Gasteiger partial charge is 0.358 e. The molecule has 1 aliphatic carbocycles. The summed E-state index contributed by atoms with van der Waals surface area (Å²) in [5.41, 5.74) is 7.65. The summed E-state index contributed by atoms with van der Waals surface area (Å²) in [7, 11) is 0. The Labute approximate surface area is 176 Å². The van der Waals surface area contributed by atoms with Crippen molar-refractivity contribution in [2.75, 3.05) is 5.32 Å². The maximum Gasteiger partial charge on any atom is 0.0537 e. The van der Waals surface area contributed by atoms with Crippen LogP contribution in [-0.2, 0) is 6.42 Å². The van der Waals surface area contributed by atoms with Crippen LogP contribution < -0.4 is 5.32 Å². The number of anilines is 1. The molecule has 1 N–H and O–H groups in total. The fourth-order valence-corrected chi connectivity index (χ4v) is 4.70. The first-order valence-corrected chi connectivity index (χ1v) is 10.5. The molecule has 2 nitrogen and oxygen atoms in total. The first-order chi connectivity index (χ1) is 14.9. The van der Waals surface area contributed by atoms with E-state index in [9.17, 15) is 0 Å². The molecule has 0 aliphatic heterocycles. The van der Waals surface area contributed by atoms with Crippen molar-refractivity contribution in [1.29, 1.82) is 0 Å². The predicted molar refractivity (Wildman–Crippen MR) is 127 cm³/mol. The summed E-state index contributed by atoms with van der Waals surface area (Å²) < 4.78 is 2.40. The Balaban J connectivity index is 1.51. The van der Waals surface area contributed by atoms with E-state index in [4.69, 9.17) is 0 Å². The lowest BCUT2D eigenvalue weighted by Crippen LogP contribution is -2.08. The van der Waals surface area contributed by atoms with E-state index in [1.165, 1.54) is 50.0 Å². The van der Waals surface area contributed by atoms with Crippen molar-refractivity contribution in [3.05, 3.63) is 114 Å². The number of fused-ring (bicyclic) bond motifs is 4. The minimum Gasteiger partial charge on any atom is -0.358 e. The maximum absolute atomic E-state index is 3.74. The molecule has 144 valence electrons. The summed E-state index contributed by atoms with van der Waals surface area (Å²) in [5, 5.41) is 7.62. The van der Waals surface area contributed by atoms with Crippen LogP contribution in [0.3, 0.4) is 0 Å². The SMILES string of the molecule is C1=C(Nc2cccc3ccccc23)CCc2c1n(-c1ccccc1)c1ccccc21. The Morgan fingerprint density at radius 1 is 0.633 bits per heavy atom. The molecule has 0 spiro atoms. The van der Waals surface area contributed by atoms with Gasteiger partial charge in [0.1, 0.15) is 0 Å². The predicted octanol–water partition coefficient (Wildman–Crippen LogP) is 7.18. The van der Waals surface area contributed by atoms with Gasteiger partial charge in [-0.3, -0.25) is 0 Å². The number of para-hydroxylation sites is 2. The number of hydrogen-bond acceptors (Lipinski definition) is 1. The highest BCUT2D eigenvalue weighted by Crippen LogP contribution is 2.36. The van der Waals surface area contributed by atoms with E-state index in [1.54, 1.807) is 0 Å². The maximum atomic E-state index is 3.74. The molecule has 0 saturated carbocycles. The molecular formula is C28H22N2. The third-order valence-electron chi connectivity index (χ3n) is 6.07. The number of aromatic nitrogens is 1. The summed E-state index contributed by atoms with van der Waals surface area (Å²) in [6.07, 6.45) is 4.39. The van der Waals surface area contributed by atoms with Gasteiger partial charge in [-0.05, 0) is 54.1 Å². The average Bonchev–Trinajstić information content (AvgIpc) is 3.13. The van der Waals surface area contributed by atoms with Crippen LogP contribution in [0.15, 0.2) is 103 Å². The number of hydrogen-bond donors (Lipinski definition) is 1. The molecule has 0 amide bonds. The molecule has 0 unspecified atom stereocenters. The first kappa shape index (κ1) is 17.1. The summed E-state index contributed by atoms with van der Waals surface area (Å²) >= 11 is 0. The minimum atomic E-state index is 1.01. The number of nitrogens with one attached hydrogen (secondary N) is 1. The van der Waals surface area contributed by atoms with E-state index in [1.807, 2.05) is 0 Å². The second-order valence-electron chi connectivity index (χ2n) is 7.87. The van der Waals surface area contributed by atoms with E-state index in [0.29, 0.717) is 0 Å². The van der Waals surface area contributed by atoms with Gasteiger partial charge in [-0.15, -0.1) is 0 Å². The first-order valence-electron chi connectivity index (χ1n) is 10.5. The Bertz CT molecular complexity index is 1400. The third kappa shape index (κ3) is 2.73. The van der Waals surface area contributed by atoms with Gasteiger partial charge < -0.3 is 9.88 Å². The van der Waals surface area contributed by atoms with Gasteiger partial charge in [-0.2, -0.15) is 0 Å². The van der Waals surface area contributed by atoms with Gasteiger partial charge in [0.2, 0.25) is 0 Å². The highest BCUT2D eigenvalue weighted by atomic mass is 15.0. The van der Waals surface area contributed by atoms with E-state index in [2.05, 4.69) is 113 Å². The molecule has 30 heavy (non-hydrogen) atoms.